The SMILES string of the molecule is FC(F)(F)Oc1ccc(CNc2nc(Cl)nc3cccc(-c4ccccc4)c23)cc1. The Morgan fingerprint density at radius 3 is 2.30 bits per heavy atom. The van der Waals surface area contributed by atoms with Crippen LogP contribution in [0.15, 0.2) is 72.8 Å². The number of benzene rings is 3. The molecule has 0 radical (unpaired) electrons. The number of nitrogens with zero attached hydrogens (tertiary/aromatic N) is 2. The van der Waals surface area contributed by atoms with E-state index in [0.29, 0.717) is 17.9 Å². The number of fused-ring (bicyclic) bond motifs is 1. The molecule has 0 amide bonds. The van der Waals surface area contributed by atoms with Crippen molar-refractivity contribution >= 4 is 28.3 Å². The Kier molecular flexibility index (Phi) is 5.46. The van der Waals surface area contributed by atoms with Gasteiger partial charge in [-0.25, -0.2) is 9.97 Å². The van der Waals surface area contributed by atoms with Crippen LogP contribution in [0.25, 0.3) is 22.0 Å². The number of anilines is 1. The minimum atomic E-state index is -4.72. The van der Waals surface area contributed by atoms with E-state index in [-0.39, 0.29) is 11.0 Å². The lowest BCUT2D eigenvalue weighted by molar-refractivity contribution is -0.274. The first-order chi connectivity index (χ1) is 14.4. The van der Waals surface area contributed by atoms with Gasteiger partial charge < -0.3 is 10.1 Å². The Morgan fingerprint density at radius 2 is 1.60 bits per heavy atom. The van der Waals surface area contributed by atoms with Crippen LogP contribution < -0.4 is 10.1 Å². The Labute approximate surface area is 175 Å². The molecule has 0 saturated heterocycles. The quantitative estimate of drug-likeness (QED) is 0.370. The van der Waals surface area contributed by atoms with Crippen LogP contribution in [0, 0.1) is 0 Å². The maximum Gasteiger partial charge on any atom is 0.573 e. The van der Waals surface area contributed by atoms with Gasteiger partial charge in [0.25, 0.3) is 0 Å². The number of hydrogen-bond donors (Lipinski definition) is 1. The summed E-state index contributed by atoms with van der Waals surface area (Å²) in [5.41, 5.74) is 3.39. The third kappa shape index (κ3) is 4.63. The van der Waals surface area contributed by atoms with Crippen LogP contribution in [-0.2, 0) is 6.54 Å². The van der Waals surface area contributed by atoms with Gasteiger partial charge in [-0.15, -0.1) is 13.2 Å². The van der Waals surface area contributed by atoms with Crippen molar-refractivity contribution in [2.24, 2.45) is 0 Å². The van der Waals surface area contributed by atoms with Crippen LogP contribution in [0.5, 0.6) is 5.75 Å². The zero-order valence-corrected chi connectivity index (χ0v) is 16.2. The van der Waals surface area contributed by atoms with Gasteiger partial charge in [0.1, 0.15) is 11.6 Å². The molecular weight excluding hydrogens is 415 g/mol. The number of aromatic nitrogens is 2. The molecule has 1 heterocycles. The highest BCUT2D eigenvalue weighted by Crippen LogP contribution is 2.33. The summed E-state index contributed by atoms with van der Waals surface area (Å²) in [5.74, 6) is 0.271. The minimum absolute atomic E-state index is 0.101. The molecule has 0 spiro atoms. The molecule has 8 heteroatoms. The topological polar surface area (TPSA) is 47.0 Å². The zero-order valence-electron chi connectivity index (χ0n) is 15.4. The summed E-state index contributed by atoms with van der Waals surface area (Å²) < 4.78 is 40.8. The van der Waals surface area contributed by atoms with Crippen molar-refractivity contribution in [2.45, 2.75) is 12.9 Å². The van der Waals surface area contributed by atoms with Crippen LogP contribution in [0.4, 0.5) is 19.0 Å². The molecule has 152 valence electrons. The summed E-state index contributed by atoms with van der Waals surface area (Å²) in [6, 6.07) is 21.2. The summed E-state index contributed by atoms with van der Waals surface area (Å²) in [6.07, 6.45) is -4.72. The van der Waals surface area contributed by atoms with E-state index in [0.717, 1.165) is 22.1 Å². The van der Waals surface area contributed by atoms with Crippen molar-refractivity contribution in [2.75, 3.05) is 5.32 Å². The van der Waals surface area contributed by atoms with E-state index >= 15 is 0 Å². The van der Waals surface area contributed by atoms with Gasteiger partial charge in [0.2, 0.25) is 5.28 Å². The Morgan fingerprint density at radius 1 is 0.867 bits per heavy atom. The standard InChI is InChI=1S/C22H15ClF3N3O/c23-21-28-18-8-4-7-17(15-5-2-1-3-6-15)19(18)20(29-21)27-13-14-9-11-16(12-10-14)30-22(24,25)26/h1-12H,13H2,(H,27,28,29). The van der Waals surface area contributed by atoms with E-state index in [1.54, 1.807) is 12.1 Å². The molecule has 0 fully saturated rings. The van der Waals surface area contributed by atoms with Gasteiger partial charge in [-0.1, -0.05) is 54.6 Å². The fourth-order valence-electron chi connectivity index (χ4n) is 3.14. The lowest BCUT2D eigenvalue weighted by atomic mass is 10.0. The lowest BCUT2D eigenvalue weighted by Gasteiger charge is -2.13. The molecule has 4 rings (SSSR count). The second kappa shape index (κ2) is 8.20. The number of halogens is 4. The third-order valence-electron chi connectivity index (χ3n) is 4.40. The first kappa shape index (κ1) is 20.0. The van der Waals surface area contributed by atoms with Crippen molar-refractivity contribution in [3.05, 3.63) is 83.6 Å². The van der Waals surface area contributed by atoms with Gasteiger partial charge in [-0.05, 0) is 46.5 Å². The first-order valence-corrected chi connectivity index (χ1v) is 9.37. The van der Waals surface area contributed by atoms with E-state index in [1.807, 2.05) is 48.5 Å². The molecule has 0 bridgehead atoms. The van der Waals surface area contributed by atoms with Crippen molar-refractivity contribution in [3.63, 3.8) is 0 Å². The summed E-state index contributed by atoms with van der Waals surface area (Å²) in [4.78, 5) is 8.65. The molecule has 1 aromatic heterocycles. The van der Waals surface area contributed by atoms with Crippen LogP contribution in [0.3, 0.4) is 0 Å². The molecule has 1 N–H and O–H groups in total. The highest BCUT2D eigenvalue weighted by Gasteiger charge is 2.30. The molecule has 4 aromatic rings. The molecule has 3 aromatic carbocycles. The fourth-order valence-corrected chi connectivity index (χ4v) is 3.31. The Hall–Kier alpha value is -3.32. The van der Waals surface area contributed by atoms with Gasteiger partial charge in [-0.3, -0.25) is 0 Å². The summed E-state index contributed by atoms with van der Waals surface area (Å²) in [5, 5.41) is 4.14. The molecule has 0 aliphatic rings. The van der Waals surface area contributed by atoms with Gasteiger partial charge in [0, 0.05) is 6.54 Å². The maximum absolute atomic E-state index is 12.3. The van der Waals surface area contributed by atoms with Crippen molar-refractivity contribution in [1.82, 2.24) is 9.97 Å². The first-order valence-electron chi connectivity index (χ1n) is 8.99. The molecule has 0 atom stereocenters. The molecule has 0 aliphatic carbocycles. The summed E-state index contributed by atoms with van der Waals surface area (Å²) in [7, 11) is 0. The average molecular weight is 430 g/mol. The van der Waals surface area contributed by atoms with Crippen LogP contribution in [0.1, 0.15) is 5.56 Å². The predicted octanol–water partition coefficient (Wildman–Crippen LogP) is 6.46. The average Bonchev–Trinajstić information content (AvgIpc) is 2.72. The monoisotopic (exact) mass is 429 g/mol. The van der Waals surface area contributed by atoms with Gasteiger partial charge in [0.05, 0.1) is 10.9 Å². The Bertz CT molecular complexity index is 1170. The van der Waals surface area contributed by atoms with E-state index in [2.05, 4.69) is 20.0 Å². The lowest BCUT2D eigenvalue weighted by Crippen LogP contribution is -2.17. The van der Waals surface area contributed by atoms with E-state index < -0.39 is 6.36 Å². The van der Waals surface area contributed by atoms with E-state index in [4.69, 9.17) is 11.6 Å². The van der Waals surface area contributed by atoms with Crippen molar-refractivity contribution < 1.29 is 17.9 Å². The number of ether oxygens (including phenoxy) is 1. The second-order valence-corrected chi connectivity index (χ2v) is 6.79. The van der Waals surface area contributed by atoms with Gasteiger partial charge in [0.15, 0.2) is 0 Å². The van der Waals surface area contributed by atoms with Crippen LogP contribution in [-0.4, -0.2) is 16.3 Å². The van der Waals surface area contributed by atoms with E-state index in [9.17, 15) is 13.2 Å². The minimum Gasteiger partial charge on any atom is -0.406 e. The number of nitrogens with one attached hydrogen (secondary N) is 1. The second-order valence-electron chi connectivity index (χ2n) is 6.45. The number of rotatable bonds is 5. The molecule has 0 unspecified atom stereocenters. The van der Waals surface area contributed by atoms with E-state index in [1.165, 1.54) is 12.1 Å². The molecule has 0 saturated carbocycles. The molecule has 30 heavy (non-hydrogen) atoms. The highest BCUT2D eigenvalue weighted by molar-refractivity contribution is 6.29. The fraction of sp³-hybridized carbons (Fsp3) is 0.0909. The third-order valence-corrected chi connectivity index (χ3v) is 4.57. The smallest absolute Gasteiger partial charge is 0.406 e. The number of hydrogen-bond acceptors (Lipinski definition) is 4. The molecular formula is C22H15ClF3N3O. The molecule has 0 aliphatic heterocycles. The predicted molar refractivity (Wildman–Crippen MR) is 110 cm³/mol. The number of alkyl halides is 3. The zero-order chi connectivity index (χ0) is 21.1. The normalized spacial score (nSPS) is 11.5. The van der Waals surface area contributed by atoms with Crippen molar-refractivity contribution in [3.8, 4) is 16.9 Å². The Balaban J connectivity index is 1.64. The summed E-state index contributed by atoms with van der Waals surface area (Å²) >= 11 is 6.10. The van der Waals surface area contributed by atoms with Crippen LogP contribution >= 0.6 is 11.6 Å². The summed E-state index contributed by atoms with van der Waals surface area (Å²) in [6.45, 7) is 0.331. The van der Waals surface area contributed by atoms with Crippen LogP contribution in [0.2, 0.25) is 5.28 Å². The van der Waals surface area contributed by atoms with Crippen molar-refractivity contribution in [1.29, 1.82) is 0 Å². The van der Waals surface area contributed by atoms with Gasteiger partial charge in [-0.2, -0.15) is 0 Å². The largest absolute Gasteiger partial charge is 0.573 e. The highest BCUT2D eigenvalue weighted by atomic mass is 35.5. The maximum atomic E-state index is 12.3. The van der Waals surface area contributed by atoms with Gasteiger partial charge >= 0.3 is 6.36 Å². The molecule has 4 nitrogen and oxygen atoms in total.